The van der Waals surface area contributed by atoms with Gasteiger partial charge in [0.25, 0.3) is 5.91 Å². The van der Waals surface area contributed by atoms with E-state index < -0.39 is 11.6 Å². The molecule has 0 saturated heterocycles. The molecule has 0 aliphatic heterocycles. The first-order valence-corrected chi connectivity index (χ1v) is 6.59. The molecule has 21 heavy (non-hydrogen) atoms. The van der Waals surface area contributed by atoms with E-state index in [2.05, 4.69) is 0 Å². The highest BCUT2D eigenvalue weighted by Gasteiger charge is 2.20. The van der Waals surface area contributed by atoms with E-state index in [0.29, 0.717) is 11.1 Å². The van der Waals surface area contributed by atoms with E-state index in [9.17, 15) is 14.7 Å². The third-order valence-electron chi connectivity index (χ3n) is 2.90. The summed E-state index contributed by atoms with van der Waals surface area (Å²) >= 11 is 0. The van der Waals surface area contributed by atoms with Crippen molar-refractivity contribution in [1.29, 1.82) is 0 Å². The summed E-state index contributed by atoms with van der Waals surface area (Å²) in [5, 5.41) is 18.4. The first kappa shape index (κ1) is 16.9. The highest BCUT2D eigenvalue weighted by Crippen LogP contribution is 2.15. The lowest BCUT2D eigenvalue weighted by Gasteiger charge is -2.25. The summed E-state index contributed by atoms with van der Waals surface area (Å²) in [4.78, 5) is 24.3. The Morgan fingerprint density at radius 2 is 1.95 bits per heavy atom. The number of carbonyl (C=O) groups excluding carboxylic acids is 1. The fourth-order valence-electron chi connectivity index (χ4n) is 1.99. The third-order valence-corrected chi connectivity index (χ3v) is 2.90. The van der Waals surface area contributed by atoms with Crippen molar-refractivity contribution in [2.45, 2.75) is 26.4 Å². The maximum absolute atomic E-state index is 12.3. The first-order chi connectivity index (χ1) is 9.60. The average molecular weight is 291 g/mol. The predicted molar refractivity (Wildman–Crippen MR) is 81.1 cm³/mol. The summed E-state index contributed by atoms with van der Waals surface area (Å²) in [6.07, 6.45) is 2.50. The quantitative estimate of drug-likeness (QED) is 0.813. The molecular formula is C16H21NO4. The minimum absolute atomic E-state index is 0.208. The molecule has 0 spiro atoms. The molecule has 1 aromatic rings. The van der Waals surface area contributed by atoms with Crippen LogP contribution in [0.1, 0.15) is 35.3 Å². The topological polar surface area (TPSA) is 77.8 Å². The number of nitrogens with zero attached hydrogens (tertiary/aromatic N) is 1. The molecule has 0 radical (unpaired) electrons. The molecule has 0 bridgehead atoms. The van der Waals surface area contributed by atoms with Crippen LogP contribution >= 0.6 is 0 Å². The number of likely N-dealkylation sites (N-methyl/N-ethyl adjacent to an activating group) is 1. The van der Waals surface area contributed by atoms with Crippen molar-refractivity contribution < 1.29 is 19.8 Å². The van der Waals surface area contributed by atoms with E-state index in [0.717, 1.165) is 11.6 Å². The van der Waals surface area contributed by atoms with Gasteiger partial charge in [-0.3, -0.25) is 4.79 Å². The van der Waals surface area contributed by atoms with Crippen molar-refractivity contribution in [3.63, 3.8) is 0 Å². The number of carboxylic acids is 1. The second-order valence-electron chi connectivity index (χ2n) is 5.72. The Morgan fingerprint density at radius 1 is 1.33 bits per heavy atom. The monoisotopic (exact) mass is 291 g/mol. The lowest BCUT2D eigenvalue weighted by atomic mass is 10.0. The Bertz CT molecular complexity index is 570. The van der Waals surface area contributed by atoms with E-state index in [1.807, 2.05) is 6.92 Å². The maximum Gasteiger partial charge on any atom is 0.328 e. The Hall–Kier alpha value is -2.14. The molecule has 0 atom stereocenters. The van der Waals surface area contributed by atoms with Crippen LogP contribution in [0.3, 0.4) is 0 Å². The summed E-state index contributed by atoms with van der Waals surface area (Å²) in [5.41, 5.74) is 1.05. The second kappa shape index (κ2) is 6.54. The number of benzene rings is 1. The fourth-order valence-corrected chi connectivity index (χ4v) is 1.99. The van der Waals surface area contributed by atoms with Gasteiger partial charge in [-0.15, -0.1) is 0 Å². The SMILES string of the molecule is Cc1ccc(C(=O)N(C)CC(C)(C)O)cc1/C=C/C(=O)O. The second-order valence-corrected chi connectivity index (χ2v) is 5.72. The Morgan fingerprint density at radius 3 is 2.48 bits per heavy atom. The summed E-state index contributed by atoms with van der Waals surface area (Å²) in [7, 11) is 1.62. The maximum atomic E-state index is 12.3. The van der Waals surface area contributed by atoms with Crippen molar-refractivity contribution in [2.24, 2.45) is 0 Å². The number of aliphatic carboxylic acids is 1. The summed E-state index contributed by atoms with van der Waals surface area (Å²) in [6, 6.07) is 5.11. The molecule has 5 heteroatoms. The Balaban J connectivity index is 3.01. The number of carboxylic acid groups (broad SMARTS) is 1. The molecule has 0 unspecified atom stereocenters. The van der Waals surface area contributed by atoms with Gasteiger partial charge >= 0.3 is 5.97 Å². The molecule has 2 N–H and O–H groups in total. The van der Waals surface area contributed by atoms with Gasteiger partial charge in [-0.05, 0) is 50.1 Å². The van der Waals surface area contributed by atoms with Crippen LogP contribution < -0.4 is 0 Å². The zero-order valence-corrected chi connectivity index (χ0v) is 12.8. The molecule has 114 valence electrons. The van der Waals surface area contributed by atoms with E-state index in [4.69, 9.17) is 5.11 Å². The zero-order chi connectivity index (χ0) is 16.2. The van der Waals surface area contributed by atoms with Crippen LogP contribution in [0.2, 0.25) is 0 Å². The third kappa shape index (κ3) is 5.39. The highest BCUT2D eigenvalue weighted by atomic mass is 16.4. The smallest absolute Gasteiger partial charge is 0.328 e. The lowest BCUT2D eigenvalue weighted by molar-refractivity contribution is -0.131. The minimum atomic E-state index is -1.04. The van der Waals surface area contributed by atoms with Crippen LogP contribution in [0.5, 0.6) is 0 Å². The van der Waals surface area contributed by atoms with Crippen LogP contribution in [0, 0.1) is 6.92 Å². The van der Waals surface area contributed by atoms with Crippen LogP contribution in [0.15, 0.2) is 24.3 Å². The van der Waals surface area contributed by atoms with E-state index in [-0.39, 0.29) is 12.5 Å². The summed E-state index contributed by atoms with van der Waals surface area (Å²) in [5.74, 6) is -1.26. The van der Waals surface area contributed by atoms with Gasteiger partial charge in [0, 0.05) is 25.2 Å². The summed E-state index contributed by atoms with van der Waals surface area (Å²) in [6.45, 7) is 5.32. The molecular weight excluding hydrogens is 270 g/mol. The lowest BCUT2D eigenvalue weighted by Crippen LogP contribution is -2.39. The molecule has 0 heterocycles. The van der Waals surface area contributed by atoms with Crippen molar-refractivity contribution in [3.8, 4) is 0 Å². The normalized spacial score (nSPS) is 11.7. The fraction of sp³-hybridized carbons (Fsp3) is 0.375. The average Bonchev–Trinajstić information content (AvgIpc) is 2.34. The molecule has 1 amide bonds. The van der Waals surface area contributed by atoms with E-state index >= 15 is 0 Å². The number of amides is 1. The first-order valence-electron chi connectivity index (χ1n) is 6.59. The summed E-state index contributed by atoms with van der Waals surface area (Å²) < 4.78 is 0. The van der Waals surface area contributed by atoms with Crippen molar-refractivity contribution in [2.75, 3.05) is 13.6 Å². The molecule has 0 aliphatic carbocycles. The number of hydrogen-bond acceptors (Lipinski definition) is 3. The van der Waals surface area contributed by atoms with E-state index in [1.54, 1.807) is 39.1 Å². The number of aryl methyl sites for hydroxylation is 1. The van der Waals surface area contributed by atoms with Gasteiger partial charge in [-0.2, -0.15) is 0 Å². The highest BCUT2D eigenvalue weighted by molar-refractivity contribution is 5.95. The van der Waals surface area contributed by atoms with E-state index in [1.165, 1.54) is 11.0 Å². The van der Waals surface area contributed by atoms with Crippen molar-refractivity contribution >= 4 is 18.0 Å². The largest absolute Gasteiger partial charge is 0.478 e. The molecule has 0 fully saturated rings. The number of rotatable bonds is 5. The molecule has 1 rings (SSSR count). The van der Waals surface area contributed by atoms with Gasteiger partial charge in [-0.25, -0.2) is 4.79 Å². The predicted octanol–water partition coefficient (Wildman–Crippen LogP) is 1.94. The minimum Gasteiger partial charge on any atom is -0.478 e. The van der Waals surface area contributed by atoms with Gasteiger partial charge in [0.2, 0.25) is 0 Å². The zero-order valence-electron chi connectivity index (χ0n) is 12.8. The van der Waals surface area contributed by atoms with Crippen molar-refractivity contribution in [1.82, 2.24) is 4.90 Å². The molecule has 1 aromatic carbocycles. The van der Waals surface area contributed by atoms with Gasteiger partial charge in [0.15, 0.2) is 0 Å². The molecule has 0 saturated carbocycles. The number of aliphatic hydroxyl groups is 1. The van der Waals surface area contributed by atoms with Crippen LogP contribution in [0.4, 0.5) is 0 Å². The molecule has 0 aromatic heterocycles. The molecule has 0 aliphatic rings. The number of hydrogen-bond donors (Lipinski definition) is 2. The van der Waals surface area contributed by atoms with Crippen molar-refractivity contribution in [3.05, 3.63) is 41.0 Å². The van der Waals surface area contributed by atoms with Gasteiger partial charge in [0.1, 0.15) is 0 Å². The Kier molecular flexibility index (Phi) is 5.27. The standard InChI is InChI=1S/C16H21NO4/c1-11-5-6-13(9-12(11)7-8-14(18)19)15(20)17(4)10-16(2,3)21/h5-9,21H,10H2,1-4H3,(H,18,19)/b8-7+. The van der Waals surface area contributed by atoms with Crippen LogP contribution in [-0.2, 0) is 4.79 Å². The van der Waals surface area contributed by atoms with Crippen LogP contribution in [-0.4, -0.2) is 46.2 Å². The van der Waals surface area contributed by atoms with Gasteiger partial charge in [-0.1, -0.05) is 6.07 Å². The molecule has 5 nitrogen and oxygen atoms in total. The number of carbonyl (C=O) groups is 2. The van der Waals surface area contributed by atoms with Gasteiger partial charge < -0.3 is 15.1 Å². The Labute approximate surface area is 124 Å². The van der Waals surface area contributed by atoms with Gasteiger partial charge in [0.05, 0.1) is 5.60 Å². The van der Waals surface area contributed by atoms with Crippen LogP contribution in [0.25, 0.3) is 6.08 Å².